The average molecular weight is 231 g/mol. The van der Waals surface area contributed by atoms with Gasteiger partial charge in [-0.1, -0.05) is 0 Å². The van der Waals surface area contributed by atoms with Gasteiger partial charge in [-0.05, 0) is 46.5 Å². The first-order chi connectivity index (χ1) is 6.94. The summed E-state index contributed by atoms with van der Waals surface area (Å²) >= 11 is -0.971. The molecule has 2 atom stereocenters. The molecule has 0 unspecified atom stereocenters. The van der Waals surface area contributed by atoms with Gasteiger partial charge in [-0.3, -0.25) is 0 Å². The van der Waals surface area contributed by atoms with Crippen molar-refractivity contribution < 1.29 is 9.29 Å². The molecular formula is C11H21NO2S. The van der Waals surface area contributed by atoms with Crippen molar-refractivity contribution in [1.82, 2.24) is 4.72 Å². The molecule has 0 aromatic heterocycles. The predicted octanol–water partition coefficient (Wildman–Crippen LogP) is 1.75. The normalized spacial score (nSPS) is 31.6. The molecule has 1 spiro atoms. The molecule has 0 amide bonds. The molecule has 1 heterocycles. The first-order valence-corrected chi connectivity index (χ1v) is 6.91. The predicted molar refractivity (Wildman–Crippen MR) is 62.0 cm³/mol. The van der Waals surface area contributed by atoms with Gasteiger partial charge in [-0.2, -0.15) is 0 Å². The molecule has 15 heavy (non-hydrogen) atoms. The Morgan fingerprint density at radius 3 is 2.60 bits per heavy atom. The van der Waals surface area contributed by atoms with Crippen LogP contribution in [-0.4, -0.2) is 27.5 Å². The van der Waals surface area contributed by atoms with Crippen LogP contribution in [0.2, 0.25) is 0 Å². The van der Waals surface area contributed by atoms with Crippen LogP contribution in [0.3, 0.4) is 0 Å². The first-order valence-electron chi connectivity index (χ1n) is 5.76. The molecule has 0 bridgehead atoms. The monoisotopic (exact) mass is 231 g/mol. The van der Waals surface area contributed by atoms with Gasteiger partial charge in [0.05, 0.1) is 11.6 Å². The molecule has 0 radical (unpaired) electrons. The molecule has 2 aliphatic rings. The summed E-state index contributed by atoms with van der Waals surface area (Å²) in [6.07, 6.45) is 4.45. The van der Waals surface area contributed by atoms with Crippen LogP contribution in [0.5, 0.6) is 0 Å². The second-order valence-corrected chi connectivity index (χ2v) is 7.60. The van der Waals surface area contributed by atoms with E-state index < -0.39 is 11.4 Å². The second kappa shape index (κ2) is 3.91. The van der Waals surface area contributed by atoms with Crippen LogP contribution in [0.4, 0.5) is 0 Å². The number of hydrogen-bond donors (Lipinski definition) is 1. The van der Waals surface area contributed by atoms with Crippen LogP contribution in [0, 0.1) is 0 Å². The zero-order valence-corrected chi connectivity index (χ0v) is 10.7. The van der Waals surface area contributed by atoms with Gasteiger partial charge in [-0.15, -0.1) is 4.72 Å². The van der Waals surface area contributed by atoms with Gasteiger partial charge < -0.3 is 9.29 Å². The lowest BCUT2D eigenvalue weighted by atomic mass is 10.0. The van der Waals surface area contributed by atoms with Crippen molar-refractivity contribution in [3.63, 3.8) is 0 Å². The van der Waals surface area contributed by atoms with Crippen LogP contribution < -0.4 is 4.72 Å². The van der Waals surface area contributed by atoms with Crippen LogP contribution in [0.25, 0.3) is 0 Å². The van der Waals surface area contributed by atoms with E-state index in [9.17, 15) is 4.55 Å². The third-order valence-electron chi connectivity index (χ3n) is 3.21. The molecule has 1 aliphatic heterocycles. The van der Waals surface area contributed by atoms with E-state index in [4.69, 9.17) is 4.74 Å². The summed E-state index contributed by atoms with van der Waals surface area (Å²) in [7, 11) is 0. The summed E-state index contributed by atoms with van der Waals surface area (Å²) in [4.78, 5) is 0. The Morgan fingerprint density at radius 2 is 2.07 bits per heavy atom. The Labute approximate surface area is 95.3 Å². The van der Waals surface area contributed by atoms with E-state index in [1.54, 1.807) is 0 Å². The summed E-state index contributed by atoms with van der Waals surface area (Å²) in [6, 6.07) is 0.298. The maximum Gasteiger partial charge on any atom is 0.136 e. The van der Waals surface area contributed by atoms with Crippen LogP contribution >= 0.6 is 0 Å². The fourth-order valence-electron chi connectivity index (χ4n) is 2.01. The van der Waals surface area contributed by atoms with Crippen molar-refractivity contribution in [2.24, 2.45) is 0 Å². The van der Waals surface area contributed by atoms with Crippen molar-refractivity contribution in [1.29, 1.82) is 0 Å². The maximum atomic E-state index is 12.0. The SMILES string of the molecule is CC(C)(C)[S@+]([O-])N[C@@H]1CCCOC12CC2. The lowest BCUT2D eigenvalue weighted by Crippen LogP contribution is -2.52. The third-order valence-corrected chi connectivity index (χ3v) is 4.82. The lowest BCUT2D eigenvalue weighted by Gasteiger charge is -2.35. The fraction of sp³-hybridized carbons (Fsp3) is 1.00. The largest absolute Gasteiger partial charge is 0.598 e. The zero-order chi connectivity index (χ0) is 11.1. The van der Waals surface area contributed by atoms with E-state index in [0.717, 1.165) is 32.3 Å². The first kappa shape index (κ1) is 11.7. The van der Waals surface area contributed by atoms with E-state index in [1.165, 1.54) is 0 Å². The maximum absolute atomic E-state index is 12.0. The van der Waals surface area contributed by atoms with Crippen LogP contribution in [-0.2, 0) is 16.1 Å². The van der Waals surface area contributed by atoms with Crippen molar-refractivity contribution in [2.75, 3.05) is 6.61 Å². The van der Waals surface area contributed by atoms with Gasteiger partial charge >= 0.3 is 0 Å². The fourth-order valence-corrected chi connectivity index (χ4v) is 2.96. The second-order valence-electron chi connectivity index (χ2n) is 5.61. The topological polar surface area (TPSA) is 44.3 Å². The minimum absolute atomic E-state index is 0.0408. The van der Waals surface area contributed by atoms with Crippen molar-refractivity contribution in [2.45, 2.75) is 62.8 Å². The van der Waals surface area contributed by atoms with E-state index in [-0.39, 0.29) is 10.3 Å². The average Bonchev–Trinajstić information content (AvgIpc) is 2.89. The van der Waals surface area contributed by atoms with Gasteiger partial charge in [0.2, 0.25) is 0 Å². The number of hydrogen-bond acceptors (Lipinski definition) is 3. The van der Waals surface area contributed by atoms with E-state index in [0.29, 0.717) is 6.04 Å². The summed E-state index contributed by atoms with van der Waals surface area (Å²) in [6.45, 7) is 6.87. The van der Waals surface area contributed by atoms with E-state index in [1.807, 2.05) is 20.8 Å². The summed E-state index contributed by atoms with van der Waals surface area (Å²) in [5.74, 6) is 0. The van der Waals surface area contributed by atoms with Gasteiger partial charge in [0.25, 0.3) is 0 Å². The molecule has 2 fully saturated rings. The quantitative estimate of drug-likeness (QED) is 0.736. The van der Waals surface area contributed by atoms with E-state index >= 15 is 0 Å². The molecule has 88 valence electrons. The minimum Gasteiger partial charge on any atom is -0.598 e. The molecular weight excluding hydrogens is 210 g/mol. The van der Waals surface area contributed by atoms with Crippen molar-refractivity contribution in [3.05, 3.63) is 0 Å². The molecule has 3 nitrogen and oxygen atoms in total. The molecule has 4 heteroatoms. The van der Waals surface area contributed by atoms with Crippen LogP contribution in [0.1, 0.15) is 46.5 Å². The Hall–Kier alpha value is 0.230. The standard InChI is InChI=1S/C11H21NO2S/c1-10(2,3)15(13)12-9-5-4-8-14-11(9)6-7-11/h9,12H,4-8H2,1-3H3/t9-,15+/m1/s1. The highest BCUT2D eigenvalue weighted by Gasteiger charge is 2.54. The Bertz CT molecular complexity index is 235. The summed E-state index contributed by atoms with van der Waals surface area (Å²) in [5.41, 5.74) is 0.0408. The Kier molecular flexibility index (Phi) is 3.05. The molecule has 0 aromatic carbocycles. The highest BCUT2D eigenvalue weighted by molar-refractivity contribution is 7.90. The molecule has 1 saturated carbocycles. The highest BCUT2D eigenvalue weighted by Crippen LogP contribution is 2.46. The summed E-state index contributed by atoms with van der Waals surface area (Å²) < 4.78 is 20.9. The third kappa shape index (κ3) is 2.49. The van der Waals surface area contributed by atoms with Crippen molar-refractivity contribution in [3.8, 4) is 0 Å². The molecule has 1 saturated heterocycles. The molecule has 1 N–H and O–H groups in total. The van der Waals surface area contributed by atoms with Gasteiger partial charge in [0, 0.05) is 18.0 Å². The number of rotatable bonds is 2. The van der Waals surface area contributed by atoms with Gasteiger partial charge in [0.15, 0.2) is 0 Å². The number of ether oxygens (including phenoxy) is 1. The van der Waals surface area contributed by atoms with Crippen LogP contribution in [0.15, 0.2) is 0 Å². The smallest absolute Gasteiger partial charge is 0.136 e. The Balaban J connectivity index is 1.93. The van der Waals surface area contributed by atoms with Crippen molar-refractivity contribution >= 4 is 11.4 Å². The zero-order valence-electron chi connectivity index (χ0n) is 9.84. The minimum atomic E-state index is -0.971. The highest BCUT2D eigenvalue weighted by atomic mass is 32.2. The molecule has 1 aliphatic carbocycles. The lowest BCUT2D eigenvalue weighted by molar-refractivity contribution is -0.0233. The van der Waals surface area contributed by atoms with E-state index in [2.05, 4.69) is 4.72 Å². The molecule has 2 rings (SSSR count). The summed E-state index contributed by atoms with van der Waals surface area (Å²) in [5, 5.41) is 0. The van der Waals surface area contributed by atoms with Gasteiger partial charge in [-0.25, -0.2) is 0 Å². The molecule has 0 aromatic rings. The Morgan fingerprint density at radius 1 is 1.40 bits per heavy atom. The van der Waals surface area contributed by atoms with Gasteiger partial charge in [0.1, 0.15) is 4.75 Å². The number of nitrogens with one attached hydrogen (secondary N) is 1.